The molecule has 2 atom stereocenters. The molecule has 0 saturated heterocycles. The van der Waals surface area contributed by atoms with Gasteiger partial charge in [0.15, 0.2) is 34.9 Å². The highest BCUT2D eigenvalue weighted by molar-refractivity contribution is 8.00. The first-order valence-corrected chi connectivity index (χ1v) is 40.3. The van der Waals surface area contributed by atoms with Crippen LogP contribution in [0.3, 0.4) is 0 Å². The lowest BCUT2D eigenvalue weighted by atomic mass is 9.67. The molecule has 2 spiro atoms. The average molecular weight is 1510 g/mol. The number of rotatable bonds is 10. The molecule has 8 nitrogen and oxygen atoms in total. The molecule has 0 fully saturated rings. The molecule has 0 amide bonds. The number of hydrogen-bond acceptors (Lipinski definition) is 10. The van der Waals surface area contributed by atoms with Gasteiger partial charge in [-0.15, -0.1) is 0 Å². The predicted octanol–water partition coefficient (Wildman–Crippen LogP) is 25.8. The van der Waals surface area contributed by atoms with Crippen LogP contribution in [0, 0.1) is 22.7 Å². The fraction of sp³-hybridized carbons (Fsp3) is 0.0189. The minimum atomic E-state index is -0.588. The second kappa shape index (κ2) is 28.8. The van der Waals surface area contributed by atoms with Crippen LogP contribution in [0.4, 0.5) is 0 Å². The molecule has 0 bridgehead atoms. The summed E-state index contributed by atoms with van der Waals surface area (Å²) in [6, 6.07) is 141. The van der Waals surface area contributed by atoms with Crippen LogP contribution in [0.2, 0.25) is 0 Å². The van der Waals surface area contributed by atoms with Gasteiger partial charge in [-0.3, -0.25) is 0 Å². The average Bonchev–Trinajstić information content (AvgIpc) is 1.50. The van der Waals surface area contributed by atoms with Crippen molar-refractivity contribution >= 4 is 23.5 Å². The molecule has 2 aromatic heterocycles. The number of nitriles is 2. The van der Waals surface area contributed by atoms with Crippen LogP contribution in [0.1, 0.15) is 55.6 Å². The molecule has 22 rings (SSSR count). The zero-order chi connectivity index (χ0) is 77.3. The van der Waals surface area contributed by atoms with Crippen LogP contribution >= 0.6 is 23.5 Å². The van der Waals surface area contributed by atoms with Crippen molar-refractivity contribution in [1.82, 2.24) is 29.9 Å². The van der Waals surface area contributed by atoms with Crippen molar-refractivity contribution in [2.24, 2.45) is 0 Å². The third-order valence-electron chi connectivity index (χ3n) is 22.9. The molecule has 4 heterocycles. The van der Waals surface area contributed by atoms with E-state index < -0.39 is 10.8 Å². The van der Waals surface area contributed by atoms with Crippen LogP contribution in [0.25, 0.3) is 135 Å². The fourth-order valence-corrected chi connectivity index (χ4v) is 20.4. The summed E-state index contributed by atoms with van der Waals surface area (Å²) in [4.78, 5) is 35.3. The van der Waals surface area contributed by atoms with Crippen molar-refractivity contribution in [2.75, 3.05) is 0 Å². The van der Waals surface area contributed by atoms with Gasteiger partial charge >= 0.3 is 0 Å². The minimum absolute atomic E-state index is 0.534. The zero-order valence-electron chi connectivity index (χ0n) is 62.3. The molecule has 116 heavy (non-hydrogen) atoms. The van der Waals surface area contributed by atoms with Crippen LogP contribution in [-0.4, -0.2) is 29.9 Å². The Morgan fingerprint density at radius 3 is 0.845 bits per heavy atom. The van der Waals surface area contributed by atoms with Gasteiger partial charge in [0.25, 0.3) is 0 Å². The molecule has 2 unspecified atom stereocenters. The Morgan fingerprint density at radius 2 is 0.448 bits per heavy atom. The molecule has 540 valence electrons. The second-order valence-electron chi connectivity index (χ2n) is 29.2. The Bertz CT molecular complexity index is 6890. The van der Waals surface area contributed by atoms with Gasteiger partial charge in [0.1, 0.15) is 0 Å². The molecule has 16 aromatic carbocycles. The summed E-state index contributed by atoms with van der Waals surface area (Å²) in [5.41, 5.74) is 29.9. The number of hydrogen-bond donors (Lipinski definition) is 0. The van der Waals surface area contributed by atoms with E-state index in [1.165, 1.54) is 97.5 Å². The normalized spacial score (nSPS) is 14.5. The summed E-state index contributed by atoms with van der Waals surface area (Å²) in [6.07, 6.45) is 0. The summed E-state index contributed by atoms with van der Waals surface area (Å²) in [7, 11) is 0. The highest BCUT2D eigenvalue weighted by atomic mass is 32.2. The Hall–Kier alpha value is -14.8. The maximum absolute atomic E-state index is 9.55. The van der Waals surface area contributed by atoms with Gasteiger partial charge in [0.05, 0.1) is 34.1 Å². The third-order valence-corrected chi connectivity index (χ3v) is 25.4. The zero-order valence-corrected chi connectivity index (χ0v) is 64.0. The van der Waals surface area contributed by atoms with E-state index in [9.17, 15) is 10.5 Å². The standard InChI is InChI=1S/2C53H32N4S/c54-33-34-25-27-35(28-26-34)36-29-31-37(32-30-36)40-18-11-23-46-49(40)58-47-24-10-9-21-44(47)53(46)43-20-8-7-17-41(43)48-42(19-12-22-45(48)53)52-56-50(38-13-3-1-4-14-38)55-51(57-52)39-15-5-2-6-16-39;54-33-34-25-27-35(28-26-34)40-18-11-22-45-48(40)42-17-7-8-20-43(42)53(45)44-21-9-10-24-47(44)58-49-41(19-12-23-46(49)53)36-29-31-39(32-30-36)52-56-50(37-13-3-1-4-14-37)55-51(57-52)38-15-5-2-6-16-38/h2*1-32H. The smallest absolute Gasteiger partial charge is 0.164 e. The van der Waals surface area contributed by atoms with Crippen molar-refractivity contribution in [3.8, 4) is 147 Å². The molecule has 0 N–H and O–H groups in total. The summed E-state index contributed by atoms with van der Waals surface area (Å²) in [5, 5.41) is 18.9. The lowest BCUT2D eigenvalue weighted by molar-refractivity contribution is 0.723. The monoisotopic (exact) mass is 1510 g/mol. The van der Waals surface area contributed by atoms with E-state index in [-0.39, 0.29) is 0 Å². The quantitative estimate of drug-likeness (QED) is 0.131. The van der Waals surface area contributed by atoms with E-state index in [2.05, 4.69) is 267 Å². The SMILES string of the molecule is N#Cc1ccc(-c2ccc(-c3cccc4c3Sc3ccccc3C43c4ccccc4-c4c(-c5nc(-c6ccccc6)nc(-c6ccccc6)n5)cccc43)cc2)cc1.N#Cc1ccc(-c2cccc3c2-c2ccccc2C32c3ccccc3Sc3c(-c4ccc(-c5nc(-c6ccccc6)nc(-c6ccccc6)n5)cc4)cccc32)cc1. The molecule has 4 aliphatic rings. The summed E-state index contributed by atoms with van der Waals surface area (Å²) in [6.45, 7) is 0. The van der Waals surface area contributed by atoms with Crippen molar-refractivity contribution in [3.63, 3.8) is 0 Å². The largest absolute Gasteiger partial charge is 0.208 e. The highest BCUT2D eigenvalue weighted by Crippen LogP contribution is 2.67. The van der Waals surface area contributed by atoms with E-state index in [0.29, 0.717) is 46.1 Å². The molecule has 18 aromatic rings. The summed E-state index contributed by atoms with van der Waals surface area (Å²) < 4.78 is 0. The highest BCUT2D eigenvalue weighted by Gasteiger charge is 2.53. The molecule has 2 aliphatic carbocycles. The van der Waals surface area contributed by atoms with E-state index in [0.717, 1.165) is 66.8 Å². The topological polar surface area (TPSA) is 125 Å². The fourth-order valence-electron chi connectivity index (χ4n) is 17.8. The van der Waals surface area contributed by atoms with Gasteiger partial charge in [0.2, 0.25) is 0 Å². The Kier molecular flexibility index (Phi) is 17.2. The lowest BCUT2D eigenvalue weighted by Crippen LogP contribution is -2.32. The predicted molar refractivity (Wildman–Crippen MR) is 466 cm³/mol. The van der Waals surface area contributed by atoms with Crippen LogP contribution < -0.4 is 0 Å². The first-order chi connectivity index (χ1) is 57.4. The Morgan fingerprint density at radius 1 is 0.190 bits per heavy atom. The molecular weight excluding hydrogens is 1450 g/mol. The van der Waals surface area contributed by atoms with E-state index in [1.807, 2.05) is 157 Å². The maximum Gasteiger partial charge on any atom is 0.164 e. The van der Waals surface area contributed by atoms with Gasteiger partial charge in [-0.2, -0.15) is 10.5 Å². The van der Waals surface area contributed by atoms with Crippen molar-refractivity contribution in [3.05, 3.63) is 444 Å². The lowest BCUT2D eigenvalue weighted by Gasteiger charge is -2.40. The number of benzene rings is 16. The first kappa shape index (κ1) is 69.2. The van der Waals surface area contributed by atoms with Crippen LogP contribution in [0.5, 0.6) is 0 Å². The van der Waals surface area contributed by atoms with E-state index in [4.69, 9.17) is 29.9 Å². The summed E-state index contributed by atoms with van der Waals surface area (Å²) >= 11 is 3.71. The Labute approximate surface area is 680 Å². The van der Waals surface area contributed by atoms with Gasteiger partial charge in [-0.05, 0) is 148 Å². The molecule has 2 aliphatic heterocycles. The van der Waals surface area contributed by atoms with Crippen LogP contribution in [0.15, 0.2) is 408 Å². The van der Waals surface area contributed by atoms with Gasteiger partial charge in [-0.25, -0.2) is 29.9 Å². The second-order valence-corrected chi connectivity index (χ2v) is 31.3. The van der Waals surface area contributed by atoms with Crippen LogP contribution in [-0.2, 0) is 10.8 Å². The van der Waals surface area contributed by atoms with E-state index >= 15 is 0 Å². The molecule has 0 radical (unpaired) electrons. The van der Waals surface area contributed by atoms with Gasteiger partial charge in [0, 0.05) is 53.0 Å². The third kappa shape index (κ3) is 11.4. The van der Waals surface area contributed by atoms with Gasteiger partial charge < -0.3 is 0 Å². The molecule has 10 heteroatoms. The Balaban J connectivity index is 0.000000145. The molecular formula is C106H64N8S2. The van der Waals surface area contributed by atoms with E-state index in [1.54, 1.807) is 0 Å². The molecule has 0 saturated carbocycles. The number of nitrogens with zero attached hydrogens (tertiary/aromatic N) is 8. The number of fused-ring (bicyclic) bond motifs is 18. The van der Waals surface area contributed by atoms with Crippen molar-refractivity contribution < 1.29 is 0 Å². The first-order valence-electron chi connectivity index (χ1n) is 38.7. The minimum Gasteiger partial charge on any atom is -0.208 e. The van der Waals surface area contributed by atoms with Gasteiger partial charge in [-0.1, -0.05) is 375 Å². The van der Waals surface area contributed by atoms with Crippen molar-refractivity contribution in [1.29, 1.82) is 10.5 Å². The summed E-state index contributed by atoms with van der Waals surface area (Å²) in [5.74, 6) is 3.85. The van der Waals surface area contributed by atoms with Crippen molar-refractivity contribution in [2.45, 2.75) is 30.4 Å². The number of aromatic nitrogens is 6. The maximum atomic E-state index is 9.55.